The molecule has 1 aliphatic rings. The van der Waals surface area contributed by atoms with Crippen LogP contribution in [0, 0.1) is 5.92 Å². The number of benzene rings is 1. The molecular weight excluding hydrogens is 240 g/mol. The second kappa shape index (κ2) is 6.06. The Morgan fingerprint density at radius 2 is 2.11 bits per heavy atom. The van der Waals surface area contributed by atoms with Gasteiger partial charge in [-0.25, -0.2) is 0 Å². The number of anilines is 1. The van der Waals surface area contributed by atoms with Gasteiger partial charge >= 0.3 is 0 Å². The van der Waals surface area contributed by atoms with Crippen molar-refractivity contribution in [1.29, 1.82) is 0 Å². The molecule has 0 spiro atoms. The Labute approximate surface area is 114 Å². The molecular formula is C15H22N2O2. The first-order valence-corrected chi connectivity index (χ1v) is 6.79. The highest BCUT2D eigenvalue weighted by Gasteiger charge is 2.19. The zero-order valence-electron chi connectivity index (χ0n) is 11.7. The van der Waals surface area contributed by atoms with Crippen molar-refractivity contribution in [2.45, 2.75) is 19.8 Å². The van der Waals surface area contributed by atoms with Crippen LogP contribution in [0.2, 0.25) is 0 Å². The number of nitrogens with two attached hydrogens (primary N) is 1. The smallest absolute Gasteiger partial charge is 0.176 e. The van der Waals surface area contributed by atoms with Crippen LogP contribution in [0.25, 0.3) is 0 Å². The summed E-state index contributed by atoms with van der Waals surface area (Å²) in [6.07, 6.45) is 2.36. The standard InChI is InChI=1S/C15H22N2O2/c1-11-5-7-17(8-6-11)10-14(18)12-3-4-15(19-2)13(16)9-12/h3-4,9,11H,5-8,10,16H2,1-2H3. The number of likely N-dealkylation sites (tertiary alicyclic amines) is 1. The maximum Gasteiger partial charge on any atom is 0.176 e. The Balaban J connectivity index is 1.98. The Hall–Kier alpha value is -1.55. The highest BCUT2D eigenvalue weighted by atomic mass is 16.5. The van der Waals surface area contributed by atoms with Crippen molar-refractivity contribution < 1.29 is 9.53 Å². The molecule has 1 saturated heterocycles. The highest BCUT2D eigenvalue weighted by Crippen LogP contribution is 2.22. The van der Waals surface area contributed by atoms with Gasteiger partial charge in [-0.15, -0.1) is 0 Å². The van der Waals surface area contributed by atoms with E-state index in [1.165, 1.54) is 12.8 Å². The summed E-state index contributed by atoms with van der Waals surface area (Å²) in [5, 5.41) is 0. The van der Waals surface area contributed by atoms with E-state index >= 15 is 0 Å². The van der Waals surface area contributed by atoms with Crippen molar-refractivity contribution in [3.05, 3.63) is 23.8 Å². The number of Topliss-reactive ketones (excluding diaryl/α,β-unsaturated/α-hetero) is 1. The summed E-state index contributed by atoms with van der Waals surface area (Å²) < 4.78 is 5.09. The predicted octanol–water partition coefficient (Wildman–Crippen LogP) is 2.19. The molecule has 104 valence electrons. The SMILES string of the molecule is COc1ccc(C(=O)CN2CCC(C)CC2)cc1N. The van der Waals surface area contributed by atoms with E-state index in [-0.39, 0.29) is 5.78 Å². The van der Waals surface area contributed by atoms with Crippen molar-refractivity contribution in [2.75, 3.05) is 32.5 Å². The van der Waals surface area contributed by atoms with Gasteiger partial charge in [-0.2, -0.15) is 0 Å². The van der Waals surface area contributed by atoms with Gasteiger partial charge in [0.25, 0.3) is 0 Å². The number of carbonyl (C=O) groups excluding carboxylic acids is 1. The van der Waals surface area contributed by atoms with Crippen LogP contribution < -0.4 is 10.5 Å². The summed E-state index contributed by atoms with van der Waals surface area (Å²) in [6, 6.07) is 5.23. The van der Waals surface area contributed by atoms with Crippen LogP contribution in [0.4, 0.5) is 5.69 Å². The molecule has 1 fully saturated rings. The van der Waals surface area contributed by atoms with Gasteiger partial charge in [-0.3, -0.25) is 9.69 Å². The molecule has 0 unspecified atom stereocenters. The van der Waals surface area contributed by atoms with E-state index in [9.17, 15) is 4.79 Å². The number of hydrogen-bond acceptors (Lipinski definition) is 4. The van der Waals surface area contributed by atoms with Gasteiger partial charge in [0.05, 0.1) is 19.3 Å². The number of methoxy groups -OCH3 is 1. The molecule has 0 amide bonds. The highest BCUT2D eigenvalue weighted by molar-refractivity contribution is 5.98. The summed E-state index contributed by atoms with van der Waals surface area (Å²) in [7, 11) is 1.57. The molecule has 2 N–H and O–H groups in total. The molecule has 19 heavy (non-hydrogen) atoms. The van der Waals surface area contributed by atoms with E-state index in [0.29, 0.717) is 23.5 Å². The Bertz CT molecular complexity index is 451. The predicted molar refractivity (Wildman–Crippen MR) is 76.6 cm³/mol. The van der Waals surface area contributed by atoms with E-state index in [2.05, 4.69) is 11.8 Å². The largest absolute Gasteiger partial charge is 0.495 e. The minimum atomic E-state index is 0.129. The van der Waals surface area contributed by atoms with Gasteiger partial charge in [-0.05, 0) is 50.0 Å². The molecule has 2 rings (SSSR count). The minimum Gasteiger partial charge on any atom is -0.495 e. The molecule has 0 radical (unpaired) electrons. The van der Waals surface area contributed by atoms with Crippen molar-refractivity contribution in [2.24, 2.45) is 5.92 Å². The molecule has 1 aliphatic heterocycles. The number of ketones is 1. The Morgan fingerprint density at radius 1 is 1.42 bits per heavy atom. The minimum absolute atomic E-state index is 0.129. The molecule has 4 nitrogen and oxygen atoms in total. The third-order valence-electron chi connectivity index (χ3n) is 3.80. The number of hydrogen-bond donors (Lipinski definition) is 1. The topological polar surface area (TPSA) is 55.6 Å². The lowest BCUT2D eigenvalue weighted by molar-refractivity contribution is 0.0900. The number of ether oxygens (including phenoxy) is 1. The lowest BCUT2D eigenvalue weighted by Crippen LogP contribution is -2.36. The summed E-state index contributed by atoms with van der Waals surface area (Å²) in [4.78, 5) is 14.4. The molecule has 0 bridgehead atoms. The quantitative estimate of drug-likeness (QED) is 0.667. The number of rotatable bonds is 4. The van der Waals surface area contributed by atoms with Crippen molar-refractivity contribution in [1.82, 2.24) is 4.90 Å². The maximum atomic E-state index is 12.2. The second-order valence-corrected chi connectivity index (χ2v) is 5.34. The van der Waals surface area contributed by atoms with Crippen molar-refractivity contribution in [3.8, 4) is 5.75 Å². The third-order valence-corrected chi connectivity index (χ3v) is 3.80. The number of piperidine rings is 1. The lowest BCUT2D eigenvalue weighted by atomic mass is 9.98. The average Bonchev–Trinajstić information content (AvgIpc) is 2.41. The fourth-order valence-corrected chi connectivity index (χ4v) is 2.42. The summed E-state index contributed by atoms with van der Waals surface area (Å²) >= 11 is 0. The van der Waals surface area contributed by atoms with E-state index in [1.807, 2.05) is 0 Å². The normalized spacial score (nSPS) is 17.4. The maximum absolute atomic E-state index is 12.2. The van der Waals surface area contributed by atoms with E-state index < -0.39 is 0 Å². The van der Waals surface area contributed by atoms with Gasteiger partial charge in [0.15, 0.2) is 5.78 Å². The van der Waals surface area contributed by atoms with E-state index in [1.54, 1.807) is 25.3 Å². The van der Waals surface area contributed by atoms with Crippen LogP contribution in [-0.4, -0.2) is 37.4 Å². The first-order valence-electron chi connectivity index (χ1n) is 6.79. The van der Waals surface area contributed by atoms with E-state index in [4.69, 9.17) is 10.5 Å². The van der Waals surface area contributed by atoms with Crippen LogP contribution in [0.15, 0.2) is 18.2 Å². The third kappa shape index (κ3) is 3.47. The van der Waals surface area contributed by atoms with Crippen LogP contribution >= 0.6 is 0 Å². The van der Waals surface area contributed by atoms with Gasteiger partial charge < -0.3 is 10.5 Å². The molecule has 0 atom stereocenters. The fraction of sp³-hybridized carbons (Fsp3) is 0.533. The zero-order chi connectivity index (χ0) is 13.8. The van der Waals surface area contributed by atoms with Gasteiger partial charge in [0.2, 0.25) is 0 Å². The second-order valence-electron chi connectivity index (χ2n) is 5.34. The first-order chi connectivity index (χ1) is 9.10. The molecule has 1 heterocycles. The first kappa shape index (κ1) is 13.9. The van der Waals surface area contributed by atoms with Crippen LogP contribution in [-0.2, 0) is 0 Å². The van der Waals surface area contributed by atoms with Gasteiger partial charge in [0.1, 0.15) is 5.75 Å². The lowest BCUT2D eigenvalue weighted by Gasteiger charge is -2.29. The van der Waals surface area contributed by atoms with Gasteiger partial charge in [-0.1, -0.05) is 6.92 Å². The molecule has 4 heteroatoms. The van der Waals surface area contributed by atoms with Crippen molar-refractivity contribution in [3.63, 3.8) is 0 Å². The summed E-state index contributed by atoms with van der Waals surface area (Å²) in [5.74, 6) is 1.52. The molecule has 1 aromatic carbocycles. The van der Waals surface area contributed by atoms with Crippen molar-refractivity contribution >= 4 is 11.5 Å². The van der Waals surface area contributed by atoms with Crippen LogP contribution in [0.5, 0.6) is 5.75 Å². The average molecular weight is 262 g/mol. The molecule has 0 saturated carbocycles. The molecule has 0 aliphatic carbocycles. The number of nitrogens with zero attached hydrogens (tertiary/aromatic N) is 1. The van der Waals surface area contributed by atoms with Crippen LogP contribution in [0.3, 0.4) is 0 Å². The number of carbonyl (C=O) groups is 1. The Morgan fingerprint density at radius 3 is 2.68 bits per heavy atom. The molecule has 1 aromatic rings. The molecule has 0 aromatic heterocycles. The number of nitrogen functional groups attached to an aromatic ring is 1. The Kier molecular flexibility index (Phi) is 4.43. The summed E-state index contributed by atoms with van der Waals surface area (Å²) in [5.41, 5.74) is 7.01. The fourth-order valence-electron chi connectivity index (χ4n) is 2.42. The monoisotopic (exact) mass is 262 g/mol. The summed E-state index contributed by atoms with van der Waals surface area (Å²) in [6.45, 7) is 4.78. The van der Waals surface area contributed by atoms with Gasteiger partial charge in [0, 0.05) is 5.56 Å². The zero-order valence-corrected chi connectivity index (χ0v) is 11.7. The van der Waals surface area contributed by atoms with E-state index in [0.717, 1.165) is 19.0 Å². The van der Waals surface area contributed by atoms with Crippen LogP contribution in [0.1, 0.15) is 30.1 Å².